The van der Waals surface area contributed by atoms with Gasteiger partial charge in [0.15, 0.2) is 5.78 Å². The second-order valence-corrected chi connectivity index (χ2v) is 12.3. The quantitative estimate of drug-likeness (QED) is 0.129. The van der Waals surface area contributed by atoms with Crippen molar-refractivity contribution in [3.05, 3.63) is 0 Å². The van der Waals surface area contributed by atoms with Gasteiger partial charge in [-0.25, -0.2) is 0 Å². The lowest BCUT2D eigenvalue weighted by atomic mass is 9.72. The second kappa shape index (κ2) is 17.7. The summed E-state index contributed by atoms with van der Waals surface area (Å²) in [6.45, 7) is 22.2. The molecule has 1 atom stereocenters. The molecule has 0 amide bonds. The minimum absolute atomic E-state index is 0.154. The monoisotopic (exact) mass is 512 g/mol. The number of carbonyl (C=O) groups is 2. The predicted molar refractivity (Wildman–Crippen MR) is 151 cm³/mol. The molecule has 0 fully saturated rings. The van der Waals surface area contributed by atoms with Crippen LogP contribution < -0.4 is 0 Å². The number of ether oxygens (including phenoxy) is 3. The summed E-state index contributed by atoms with van der Waals surface area (Å²) in [5.41, 5.74) is -1.87. The average Bonchev–Trinajstić information content (AvgIpc) is 2.80. The number of hydrogen-bond acceptors (Lipinski definition) is 5. The summed E-state index contributed by atoms with van der Waals surface area (Å²) in [5, 5.41) is 0. The molecule has 0 saturated carbocycles. The van der Waals surface area contributed by atoms with Crippen molar-refractivity contribution in [1.82, 2.24) is 0 Å². The van der Waals surface area contributed by atoms with Crippen LogP contribution in [0.4, 0.5) is 0 Å². The maximum Gasteiger partial charge on any atom is 0.164 e. The lowest BCUT2D eigenvalue weighted by Crippen LogP contribution is -2.47. The van der Waals surface area contributed by atoms with E-state index in [0.717, 1.165) is 51.6 Å². The van der Waals surface area contributed by atoms with Crippen molar-refractivity contribution >= 4 is 11.6 Å². The fraction of sp³-hybridized carbons (Fsp3) is 0.935. The van der Waals surface area contributed by atoms with Gasteiger partial charge in [-0.05, 0) is 79.6 Å². The van der Waals surface area contributed by atoms with Gasteiger partial charge in [0.25, 0.3) is 0 Å². The highest BCUT2D eigenvalue weighted by Gasteiger charge is 2.43. The van der Waals surface area contributed by atoms with Gasteiger partial charge in [-0.3, -0.25) is 9.59 Å². The smallest absolute Gasteiger partial charge is 0.164 e. The number of Topliss-reactive ketones (excluding diaryl/α,β-unsaturated/α-hetero) is 2. The molecule has 0 aliphatic heterocycles. The molecule has 0 N–H and O–H groups in total. The molecule has 0 aromatic carbocycles. The molecule has 0 saturated heterocycles. The molecule has 36 heavy (non-hydrogen) atoms. The molecule has 0 heterocycles. The summed E-state index contributed by atoms with van der Waals surface area (Å²) < 4.78 is 17.8. The van der Waals surface area contributed by atoms with Gasteiger partial charge in [0.05, 0.1) is 23.7 Å². The summed E-state index contributed by atoms with van der Waals surface area (Å²) in [5.74, 6) is 0.926. The van der Waals surface area contributed by atoms with Crippen LogP contribution in [0.3, 0.4) is 0 Å². The van der Waals surface area contributed by atoms with Gasteiger partial charge in [0.1, 0.15) is 11.4 Å². The van der Waals surface area contributed by atoms with Crippen molar-refractivity contribution in [3.8, 4) is 0 Å². The minimum atomic E-state index is -0.741. The van der Waals surface area contributed by atoms with E-state index in [1.165, 1.54) is 12.8 Å². The summed E-state index contributed by atoms with van der Waals surface area (Å²) in [7, 11) is 0. The highest BCUT2D eigenvalue weighted by molar-refractivity contribution is 5.86. The molecule has 0 rings (SSSR count). The Bertz CT molecular complexity index is 606. The van der Waals surface area contributed by atoms with E-state index < -0.39 is 16.6 Å². The van der Waals surface area contributed by atoms with Crippen LogP contribution in [0.1, 0.15) is 140 Å². The van der Waals surface area contributed by atoms with E-state index in [1.54, 1.807) is 0 Å². The first-order valence-corrected chi connectivity index (χ1v) is 14.7. The second-order valence-electron chi connectivity index (χ2n) is 12.3. The Morgan fingerprint density at radius 1 is 0.722 bits per heavy atom. The number of rotatable bonds is 23. The first-order valence-electron chi connectivity index (χ1n) is 14.7. The number of carbonyl (C=O) groups excluding carboxylic acids is 2. The Balaban J connectivity index is 4.37. The molecular formula is C31H60O5. The van der Waals surface area contributed by atoms with Crippen LogP contribution in [0.15, 0.2) is 0 Å². The van der Waals surface area contributed by atoms with Crippen LogP contribution in [0.5, 0.6) is 0 Å². The summed E-state index contributed by atoms with van der Waals surface area (Å²) >= 11 is 0. The van der Waals surface area contributed by atoms with E-state index in [4.69, 9.17) is 14.2 Å². The van der Waals surface area contributed by atoms with Crippen molar-refractivity contribution < 1.29 is 23.8 Å². The third kappa shape index (κ3) is 13.7. The molecule has 0 spiro atoms. The summed E-state index contributed by atoms with van der Waals surface area (Å²) in [4.78, 5) is 25.7. The maximum absolute atomic E-state index is 13.0. The molecule has 0 bridgehead atoms. The molecule has 0 aliphatic carbocycles. The fourth-order valence-corrected chi connectivity index (χ4v) is 4.03. The van der Waals surface area contributed by atoms with Crippen LogP contribution in [-0.2, 0) is 23.8 Å². The maximum atomic E-state index is 13.0. The topological polar surface area (TPSA) is 61.8 Å². The summed E-state index contributed by atoms with van der Waals surface area (Å²) in [6, 6.07) is 0. The first-order chi connectivity index (χ1) is 16.7. The highest BCUT2D eigenvalue weighted by Crippen LogP contribution is 2.36. The van der Waals surface area contributed by atoms with Crippen molar-refractivity contribution in [2.24, 2.45) is 11.3 Å². The summed E-state index contributed by atoms with van der Waals surface area (Å²) in [6.07, 6.45) is 10.4. The van der Waals surface area contributed by atoms with Gasteiger partial charge >= 0.3 is 0 Å². The third-order valence-corrected chi connectivity index (χ3v) is 7.86. The Kier molecular flexibility index (Phi) is 17.3. The van der Waals surface area contributed by atoms with Crippen LogP contribution >= 0.6 is 0 Å². The van der Waals surface area contributed by atoms with Gasteiger partial charge in [-0.15, -0.1) is 0 Å². The Morgan fingerprint density at radius 3 is 1.89 bits per heavy atom. The zero-order valence-electron chi connectivity index (χ0n) is 25.6. The van der Waals surface area contributed by atoms with Crippen molar-refractivity contribution in [1.29, 1.82) is 0 Å². The van der Waals surface area contributed by atoms with Crippen molar-refractivity contribution in [2.45, 2.75) is 157 Å². The molecule has 214 valence electrons. The number of hydrogen-bond donors (Lipinski definition) is 0. The van der Waals surface area contributed by atoms with Crippen LogP contribution in [0.2, 0.25) is 0 Å². The highest BCUT2D eigenvalue weighted by atomic mass is 16.5. The van der Waals surface area contributed by atoms with Crippen LogP contribution in [0, 0.1) is 11.3 Å². The minimum Gasteiger partial charge on any atom is -0.379 e. The van der Waals surface area contributed by atoms with Gasteiger partial charge in [-0.2, -0.15) is 0 Å². The predicted octanol–water partition coefficient (Wildman–Crippen LogP) is 8.11. The first kappa shape index (κ1) is 35.2. The van der Waals surface area contributed by atoms with Gasteiger partial charge in [0.2, 0.25) is 0 Å². The fourth-order valence-electron chi connectivity index (χ4n) is 4.03. The Morgan fingerprint density at radius 2 is 1.31 bits per heavy atom. The SMILES string of the molecule is CCCCC(CC)COC(C)(C)C(=O)CCCCOC(C)(C)C(C)(C)C(=O)CCCCCOC(C)C. The van der Waals surface area contributed by atoms with E-state index in [2.05, 4.69) is 13.8 Å². The molecule has 0 radical (unpaired) electrons. The standard InChI is InChI=1S/C31H60O5/c1-11-13-19-26(12-2)24-36-30(7,8)28(33)21-16-18-23-35-31(9,10)29(5,6)27(32)20-15-14-17-22-34-25(3)4/h25-26H,11-24H2,1-10H3. The Hall–Kier alpha value is -0.780. The largest absolute Gasteiger partial charge is 0.379 e. The van der Waals surface area contributed by atoms with E-state index >= 15 is 0 Å². The van der Waals surface area contributed by atoms with Gasteiger partial charge in [-0.1, -0.05) is 53.4 Å². The molecule has 0 aromatic heterocycles. The molecule has 0 aliphatic rings. The zero-order chi connectivity index (χ0) is 27.8. The van der Waals surface area contributed by atoms with E-state index in [-0.39, 0.29) is 17.7 Å². The zero-order valence-corrected chi connectivity index (χ0v) is 25.6. The van der Waals surface area contributed by atoms with E-state index in [9.17, 15) is 9.59 Å². The van der Waals surface area contributed by atoms with Crippen molar-refractivity contribution in [2.75, 3.05) is 19.8 Å². The molecule has 5 nitrogen and oxygen atoms in total. The van der Waals surface area contributed by atoms with Crippen LogP contribution in [0.25, 0.3) is 0 Å². The number of unbranched alkanes of at least 4 members (excludes halogenated alkanes) is 4. The molecule has 5 heteroatoms. The molecule has 0 aromatic rings. The van der Waals surface area contributed by atoms with Crippen LogP contribution in [-0.4, -0.2) is 48.7 Å². The number of ketones is 2. The van der Waals surface area contributed by atoms with E-state index in [1.807, 2.05) is 55.4 Å². The molecule has 1 unspecified atom stereocenters. The van der Waals surface area contributed by atoms with Crippen molar-refractivity contribution in [3.63, 3.8) is 0 Å². The lowest BCUT2D eigenvalue weighted by Gasteiger charge is -2.40. The molecular weight excluding hydrogens is 452 g/mol. The van der Waals surface area contributed by atoms with Gasteiger partial charge < -0.3 is 14.2 Å². The van der Waals surface area contributed by atoms with E-state index in [0.29, 0.717) is 32.0 Å². The van der Waals surface area contributed by atoms with Gasteiger partial charge in [0, 0.05) is 26.1 Å². The average molecular weight is 513 g/mol. The normalized spacial score (nSPS) is 13.9. The Labute approximate surface area is 223 Å². The third-order valence-electron chi connectivity index (χ3n) is 7.86. The lowest BCUT2D eigenvalue weighted by molar-refractivity contribution is -0.149.